The average molecular weight is 194 g/mol. The fourth-order valence-corrected chi connectivity index (χ4v) is 1.13. The third-order valence-electron chi connectivity index (χ3n) is 2.06. The third kappa shape index (κ3) is 2.33. The first-order chi connectivity index (χ1) is 6.69. The number of carbonyl (C=O) groups is 1. The molecule has 1 rings (SSSR count). The summed E-state index contributed by atoms with van der Waals surface area (Å²) in [5.41, 5.74) is 0.514. The molecule has 0 heterocycles. The van der Waals surface area contributed by atoms with Crippen LogP contribution in [0, 0.1) is 0 Å². The van der Waals surface area contributed by atoms with Crippen molar-refractivity contribution in [1.29, 1.82) is 0 Å². The van der Waals surface area contributed by atoms with Gasteiger partial charge in [-0.05, 0) is 30.7 Å². The van der Waals surface area contributed by atoms with Gasteiger partial charge in [0.15, 0.2) is 5.78 Å². The lowest BCUT2D eigenvalue weighted by molar-refractivity contribution is 0.0740. The number of hydrogen-bond acceptors (Lipinski definition) is 3. The monoisotopic (exact) mass is 194 g/mol. The molecule has 0 amide bonds. The smallest absolute Gasteiger partial charge is 0.191 e. The van der Waals surface area contributed by atoms with Crippen molar-refractivity contribution in [3.05, 3.63) is 29.8 Å². The quantitative estimate of drug-likeness (QED) is 0.741. The van der Waals surface area contributed by atoms with E-state index in [1.54, 1.807) is 38.3 Å². The molecule has 0 saturated carbocycles. The summed E-state index contributed by atoms with van der Waals surface area (Å²) < 4.78 is 4.96. The van der Waals surface area contributed by atoms with Gasteiger partial charge in [-0.1, -0.05) is 6.92 Å². The SMILES string of the molecule is CCC(O)C(=O)c1ccc(OC)cc1. The van der Waals surface area contributed by atoms with Crippen LogP contribution >= 0.6 is 0 Å². The first kappa shape index (κ1) is 10.7. The van der Waals surface area contributed by atoms with Crippen LogP contribution < -0.4 is 4.74 Å². The van der Waals surface area contributed by atoms with Gasteiger partial charge in [0.05, 0.1) is 7.11 Å². The molecule has 0 bridgehead atoms. The highest BCUT2D eigenvalue weighted by molar-refractivity contribution is 5.99. The maximum absolute atomic E-state index is 11.5. The van der Waals surface area contributed by atoms with Gasteiger partial charge in [0.1, 0.15) is 11.9 Å². The van der Waals surface area contributed by atoms with Crippen molar-refractivity contribution >= 4 is 5.78 Å². The molecule has 3 heteroatoms. The summed E-state index contributed by atoms with van der Waals surface area (Å²) in [6.45, 7) is 1.77. The molecule has 0 aliphatic carbocycles. The molecule has 0 saturated heterocycles. The maximum atomic E-state index is 11.5. The Hall–Kier alpha value is -1.35. The summed E-state index contributed by atoms with van der Waals surface area (Å²) in [5.74, 6) is 0.461. The van der Waals surface area contributed by atoms with Crippen molar-refractivity contribution in [2.75, 3.05) is 7.11 Å². The van der Waals surface area contributed by atoms with E-state index in [4.69, 9.17) is 4.74 Å². The van der Waals surface area contributed by atoms with Gasteiger partial charge in [0, 0.05) is 5.56 Å². The largest absolute Gasteiger partial charge is 0.497 e. The highest BCUT2D eigenvalue weighted by Crippen LogP contribution is 2.13. The normalized spacial score (nSPS) is 12.2. The molecule has 0 aromatic heterocycles. The minimum absolute atomic E-state index is 0.241. The van der Waals surface area contributed by atoms with E-state index >= 15 is 0 Å². The minimum Gasteiger partial charge on any atom is -0.497 e. The molecular weight excluding hydrogens is 180 g/mol. The highest BCUT2D eigenvalue weighted by atomic mass is 16.5. The van der Waals surface area contributed by atoms with E-state index in [2.05, 4.69) is 0 Å². The predicted molar refractivity (Wildman–Crippen MR) is 53.6 cm³/mol. The molecular formula is C11H14O3. The van der Waals surface area contributed by atoms with E-state index in [-0.39, 0.29) is 5.78 Å². The first-order valence-corrected chi connectivity index (χ1v) is 4.55. The molecule has 14 heavy (non-hydrogen) atoms. The van der Waals surface area contributed by atoms with Gasteiger partial charge in [-0.25, -0.2) is 0 Å². The Kier molecular flexibility index (Phi) is 3.65. The van der Waals surface area contributed by atoms with E-state index in [0.717, 1.165) is 0 Å². The zero-order chi connectivity index (χ0) is 10.6. The summed E-state index contributed by atoms with van der Waals surface area (Å²) >= 11 is 0. The molecule has 1 atom stereocenters. The molecule has 1 aromatic carbocycles. The molecule has 1 N–H and O–H groups in total. The second-order valence-electron chi connectivity index (χ2n) is 3.02. The van der Waals surface area contributed by atoms with Crippen molar-refractivity contribution in [2.24, 2.45) is 0 Å². The third-order valence-corrected chi connectivity index (χ3v) is 2.06. The molecule has 0 radical (unpaired) electrons. The van der Waals surface area contributed by atoms with E-state index in [0.29, 0.717) is 17.7 Å². The van der Waals surface area contributed by atoms with Crippen LogP contribution in [0.2, 0.25) is 0 Å². The van der Waals surface area contributed by atoms with Crippen molar-refractivity contribution in [3.8, 4) is 5.75 Å². The summed E-state index contributed by atoms with van der Waals surface area (Å²) in [6.07, 6.45) is -0.464. The zero-order valence-corrected chi connectivity index (χ0v) is 8.36. The minimum atomic E-state index is -0.900. The van der Waals surface area contributed by atoms with Crippen molar-refractivity contribution in [2.45, 2.75) is 19.4 Å². The summed E-state index contributed by atoms with van der Waals surface area (Å²) in [5, 5.41) is 9.33. The van der Waals surface area contributed by atoms with Crippen LogP contribution in [0.25, 0.3) is 0 Å². The summed E-state index contributed by atoms with van der Waals surface area (Å²) in [7, 11) is 1.57. The molecule has 0 fully saturated rings. The first-order valence-electron chi connectivity index (χ1n) is 4.55. The molecule has 76 valence electrons. The molecule has 0 aliphatic rings. The standard InChI is InChI=1S/C11H14O3/c1-3-10(12)11(13)8-4-6-9(14-2)7-5-8/h4-7,10,12H,3H2,1-2H3. The van der Waals surface area contributed by atoms with Gasteiger partial charge in [-0.3, -0.25) is 4.79 Å². The lowest BCUT2D eigenvalue weighted by Crippen LogP contribution is -2.18. The topological polar surface area (TPSA) is 46.5 Å². The fourth-order valence-electron chi connectivity index (χ4n) is 1.13. The number of methoxy groups -OCH3 is 1. The average Bonchev–Trinajstić information content (AvgIpc) is 2.27. The molecule has 0 aliphatic heterocycles. The van der Waals surface area contributed by atoms with Gasteiger partial charge in [0.2, 0.25) is 0 Å². The van der Waals surface area contributed by atoms with Gasteiger partial charge in [0.25, 0.3) is 0 Å². The van der Waals surface area contributed by atoms with Crippen molar-refractivity contribution in [1.82, 2.24) is 0 Å². The summed E-state index contributed by atoms with van der Waals surface area (Å²) in [4.78, 5) is 11.5. The number of aliphatic hydroxyl groups excluding tert-OH is 1. The number of Topliss-reactive ketones (excluding diaryl/α,β-unsaturated/α-hetero) is 1. The number of hydrogen-bond donors (Lipinski definition) is 1. The Morgan fingerprint density at radius 3 is 2.43 bits per heavy atom. The van der Waals surface area contributed by atoms with Crippen molar-refractivity contribution < 1.29 is 14.6 Å². The lowest BCUT2D eigenvalue weighted by Gasteiger charge is -2.06. The van der Waals surface area contributed by atoms with Gasteiger partial charge < -0.3 is 9.84 Å². The van der Waals surface area contributed by atoms with E-state index < -0.39 is 6.10 Å². The highest BCUT2D eigenvalue weighted by Gasteiger charge is 2.14. The van der Waals surface area contributed by atoms with Crippen LogP contribution in [-0.4, -0.2) is 24.1 Å². The van der Waals surface area contributed by atoms with Crippen LogP contribution in [0.1, 0.15) is 23.7 Å². The number of rotatable bonds is 4. The van der Waals surface area contributed by atoms with Crippen LogP contribution in [0.3, 0.4) is 0 Å². The van der Waals surface area contributed by atoms with E-state index in [1.807, 2.05) is 0 Å². The molecule has 3 nitrogen and oxygen atoms in total. The second kappa shape index (κ2) is 4.77. The Morgan fingerprint density at radius 1 is 1.43 bits per heavy atom. The van der Waals surface area contributed by atoms with Crippen LogP contribution in [-0.2, 0) is 0 Å². The van der Waals surface area contributed by atoms with Gasteiger partial charge in [-0.15, -0.1) is 0 Å². The van der Waals surface area contributed by atoms with Crippen LogP contribution in [0.15, 0.2) is 24.3 Å². The molecule has 0 spiro atoms. The Morgan fingerprint density at radius 2 is 2.00 bits per heavy atom. The fraction of sp³-hybridized carbons (Fsp3) is 0.364. The maximum Gasteiger partial charge on any atom is 0.191 e. The molecule has 1 aromatic rings. The number of carbonyl (C=O) groups excluding carboxylic acids is 1. The van der Waals surface area contributed by atoms with E-state index in [9.17, 15) is 9.90 Å². The Balaban J connectivity index is 2.81. The van der Waals surface area contributed by atoms with Gasteiger partial charge in [-0.2, -0.15) is 0 Å². The van der Waals surface area contributed by atoms with E-state index in [1.165, 1.54) is 0 Å². The summed E-state index contributed by atoms with van der Waals surface area (Å²) in [6, 6.07) is 6.71. The van der Waals surface area contributed by atoms with Crippen molar-refractivity contribution in [3.63, 3.8) is 0 Å². The second-order valence-corrected chi connectivity index (χ2v) is 3.02. The predicted octanol–water partition coefficient (Wildman–Crippen LogP) is 1.65. The van der Waals surface area contributed by atoms with Crippen LogP contribution in [0.4, 0.5) is 0 Å². The van der Waals surface area contributed by atoms with Crippen LogP contribution in [0.5, 0.6) is 5.75 Å². The lowest BCUT2D eigenvalue weighted by atomic mass is 10.0. The zero-order valence-electron chi connectivity index (χ0n) is 8.36. The number of benzene rings is 1. The molecule has 1 unspecified atom stereocenters. The Labute approximate surface area is 83.3 Å². The number of ether oxygens (including phenoxy) is 1. The number of aliphatic hydroxyl groups is 1. The van der Waals surface area contributed by atoms with Gasteiger partial charge >= 0.3 is 0 Å². The number of ketones is 1. The Bertz CT molecular complexity index is 303.